The summed E-state index contributed by atoms with van der Waals surface area (Å²) >= 11 is 0. The van der Waals surface area contributed by atoms with Gasteiger partial charge in [-0.2, -0.15) is 23.4 Å². The summed E-state index contributed by atoms with van der Waals surface area (Å²) in [6, 6.07) is 0.0470. The molecule has 3 N–H and O–H groups in total. The topological polar surface area (TPSA) is 81.2 Å². The van der Waals surface area contributed by atoms with E-state index >= 15 is 0 Å². The third-order valence-electron chi connectivity index (χ3n) is 6.95. The standard InChI is InChI=1S/C22H24F3N7/c23-22(24,25)21-15(11-28-31-21)19-13-4-2-1-3-12(13)18-14-10-27-30-16(14)9-17(20(18)29-19)32-7-5-26-6-8-32/h9-11,14,16,26,30H,1-8H2,(H,28,31). The minimum atomic E-state index is -4.52. The first kappa shape index (κ1) is 19.8. The highest BCUT2D eigenvalue weighted by molar-refractivity contribution is 5.84. The monoisotopic (exact) mass is 443 g/mol. The smallest absolute Gasteiger partial charge is 0.367 e. The van der Waals surface area contributed by atoms with Crippen LogP contribution in [0.4, 0.5) is 13.2 Å². The molecule has 168 valence electrons. The molecule has 0 saturated carbocycles. The fraction of sp³-hybridized carbons (Fsp3) is 0.500. The van der Waals surface area contributed by atoms with E-state index in [1.807, 2.05) is 6.21 Å². The Morgan fingerprint density at radius 1 is 1.03 bits per heavy atom. The van der Waals surface area contributed by atoms with Crippen LogP contribution in [0.15, 0.2) is 17.4 Å². The maximum Gasteiger partial charge on any atom is 0.433 e. The van der Waals surface area contributed by atoms with E-state index in [0.717, 1.165) is 79.9 Å². The summed E-state index contributed by atoms with van der Waals surface area (Å²) in [5.41, 5.74) is 7.84. The van der Waals surface area contributed by atoms with E-state index < -0.39 is 11.9 Å². The number of halogens is 3. The zero-order chi connectivity index (χ0) is 21.9. The largest absolute Gasteiger partial charge is 0.433 e. The van der Waals surface area contributed by atoms with E-state index in [0.29, 0.717) is 5.69 Å². The lowest BCUT2D eigenvalue weighted by atomic mass is 9.76. The maximum atomic E-state index is 13.7. The Balaban J connectivity index is 1.59. The van der Waals surface area contributed by atoms with E-state index in [4.69, 9.17) is 4.98 Å². The van der Waals surface area contributed by atoms with Gasteiger partial charge in [-0.3, -0.25) is 5.10 Å². The first-order valence-electron chi connectivity index (χ1n) is 11.2. The van der Waals surface area contributed by atoms with Crippen molar-refractivity contribution < 1.29 is 13.2 Å². The molecule has 2 aliphatic heterocycles. The second-order valence-corrected chi connectivity index (χ2v) is 8.79. The Morgan fingerprint density at radius 3 is 2.59 bits per heavy atom. The van der Waals surface area contributed by atoms with Crippen LogP contribution in [0.2, 0.25) is 0 Å². The van der Waals surface area contributed by atoms with Crippen LogP contribution < -0.4 is 10.7 Å². The molecule has 10 heteroatoms. The third kappa shape index (κ3) is 3.03. The lowest BCUT2D eigenvalue weighted by molar-refractivity contribution is -0.140. The summed E-state index contributed by atoms with van der Waals surface area (Å²) < 4.78 is 41.2. The van der Waals surface area contributed by atoms with Crippen LogP contribution in [0.5, 0.6) is 0 Å². The highest BCUT2D eigenvalue weighted by Gasteiger charge is 2.41. The number of hydrazone groups is 1. The van der Waals surface area contributed by atoms with Gasteiger partial charge in [0.1, 0.15) is 5.69 Å². The second-order valence-electron chi connectivity index (χ2n) is 8.79. The van der Waals surface area contributed by atoms with Crippen LogP contribution in [0.25, 0.3) is 17.0 Å². The molecular weight excluding hydrogens is 419 g/mol. The highest BCUT2D eigenvalue weighted by atomic mass is 19.4. The van der Waals surface area contributed by atoms with Gasteiger partial charge in [0.15, 0.2) is 0 Å². The maximum absolute atomic E-state index is 13.7. The Labute approximate surface area is 183 Å². The van der Waals surface area contributed by atoms with Crippen LogP contribution in [0.3, 0.4) is 0 Å². The van der Waals surface area contributed by atoms with Crippen molar-refractivity contribution >= 4 is 11.9 Å². The van der Waals surface area contributed by atoms with E-state index in [2.05, 4.69) is 37.0 Å². The number of piperazine rings is 1. The number of H-pyrrole nitrogens is 1. The van der Waals surface area contributed by atoms with Crippen LogP contribution in [0, 0.1) is 0 Å². The number of fused-ring (bicyclic) bond motifs is 5. The molecule has 0 radical (unpaired) electrons. The fourth-order valence-corrected chi connectivity index (χ4v) is 5.49. The van der Waals surface area contributed by atoms with Gasteiger partial charge in [-0.1, -0.05) is 0 Å². The first-order chi connectivity index (χ1) is 15.5. The summed E-state index contributed by atoms with van der Waals surface area (Å²) in [6.07, 6.45) is 4.36. The normalized spacial score (nSPS) is 24.5. The molecule has 2 aromatic heterocycles. The molecule has 2 unspecified atom stereocenters. The Kier molecular flexibility index (Phi) is 4.53. The number of nitrogens with zero attached hydrogens (tertiary/aromatic N) is 4. The molecule has 0 bridgehead atoms. The molecule has 1 fully saturated rings. The van der Waals surface area contributed by atoms with Gasteiger partial charge in [0.25, 0.3) is 0 Å². The van der Waals surface area contributed by atoms with Crippen LogP contribution >= 0.6 is 0 Å². The van der Waals surface area contributed by atoms with Gasteiger partial charge in [0.2, 0.25) is 0 Å². The lowest BCUT2D eigenvalue weighted by Crippen LogP contribution is -2.44. The fourth-order valence-electron chi connectivity index (χ4n) is 5.49. The molecule has 2 atom stereocenters. The molecule has 32 heavy (non-hydrogen) atoms. The molecule has 2 aliphatic carbocycles. The van der Waals surface area contributed by atoms with Gasteiger partial charge >= 0.3 is 6.18 Å². The van der Waals surface area contributed by atoms with E-state index in [-0.39, 0.29) is 17.5 Å². The van der Waals surface area contributed by atoms with Gasteiger partial charge in [-0.05, 0) is 48.4 Å². The molecule has 7 nitrogen and oxygen atoms in total. The number of alkyl halides is 3. The zero-order valence-corrected chi connectivity index (χ0v) is 17.5. The average molecular weight is 443 g/mol. The van der Waals surface area contributed by atoms with Crippen molar-refractivity contribution in [3.63, 3.8) is 0 Å². The zero-order valence-electron chi connectivity index (χ0n) is 17.5. The van der Waals surface area contributed by atoms with Crippen LogP contribution in [0.1, 0.15) is 46.8 Å². The molecule has 0 spiro atoms. The number of rotatable bonds is 2. The number of hydrogen-bond donors (Lipinski definition) is 3. The van der Waals surface area contributed by atoms with Crippen LogP contribution in [-0.2, 0) is 19.0 Å². The molecule has 2 aromatic rings. The first-order valence-corrected chi connectivity index (χ1v) is 11.2. The van der Waals surface area contributed by atoms with Gasteiger partial charge in [0, 0.05) is 38.3 Å². The minimum absolute atomic E-state index is 0.0402. The molecule has 4 aliphatic rings. The van der Waals surface area contributed by atoms with Gasteiger partial charge in [-0.15, -0.1) is 0 Å². The van der Waals surface area contributed by atoms with E-state index in [9.17, 15) is 13.2 Å². The number of nitrogens with one attached hydrogen (secondary N) is 3. The van der Waals surface area contributed by atoms with Crippen molar-refractivity contribution in [1.82, 2.24) is 30.8 Å². The molecule has 0 amide bonds. The average Bonchev–Trinajstić information content (AvgIpc) is 3.48. The van der Waals surface area contributed by atoms with Crippen molar-refractivity contribution in [3.05, 3.63) is 40.4 Å². The Bertz CT molecular complexity index is 1110. The lowest BCUT2D eigenvalue weighted by Gasteiger charge is -2.38. The highest BCUT2D eigenvalue weighted by Crippen LogP contribution is 2.45. The van der Waals surface area contributed by atoms with Crippen molar-refractivity contribution in [1.29, 1.82) is 0 Å². The Hall–Kier alpha value is -2.88. The van der Waals surface area contributed by atoms with Gasteiger partial charge in [0.05, 0.1) is 34.9 Å². The molecular formula is C22H24F3N7. The van der Waals surface area contributed by atoms with E-state index in [1.165, 1.54) is 6.20 Å². The number of hydrogen-bond acceptors (Lipinski definition) is 6. The summed E-state index contributed by atoms with van der Waals surface area (Å²) in [6.45, 7) is 3.39. The summed E-state index contributed by atoms with van der Waals surface area (Å²) in [5.74, 6) is 0.0523. The van der Waals surface area contributed by atoms with Crippen LogP contribution in [-0.4, -0.2) is 58.5 Å². The number of aromatic amines is 1. The second kappa shape index (κ2) is 7.33. The summed E-state index contributed by atoms with van der Waals surface area (Å²) in [7, 11) is 0. The van der Waals surface area contributed by atoms with Gasteiger partial charge < -0.3 is 15.6 Å². The SMILES string of the molecule is FC(F)(F)c1[nH]ncc1-c1nc2c(c3c1CCCC3)C1C=NNC1C=C2N1CCNCC1. The van der Waals surface area contributed by atoms with Gasteiger partial charge in [-0.25, -0.2) is 4.98 Å². The van der Waals surface area contributed by atoms with E-state index in [1.54, 1.807) is 0 Å². The minimum Gasteiger partial charge on any atom is -0.367 e. The third-order valence-corrected chi connectivity index (χ3v) is 6.95. The van der Waals surface area contributed by atoms with Crippen molar-refractivity contribution in [3.8, 4) is 11.3 Å². The molecule has 4 heterocycles. The molecule has 0 aromatic carbocycles. The predicted molar refractivity (Wildman–Crippen MR) is 114 cm³/mol. The predicted octanol–water partition coefficient (Wildman–Crippen LogP) is 2.67. The number of pyridine rings is 1. The number of aromatic nitrogens is 3. The van der Waals surface area contributed by atoms with Crippen molar-refractivity contribution in [2.24, 2.45) is 5.10 Å². The molecule has 6 rings (SSSR count). The van der Waals surface area contributed by atoms with Crippen molar-refractivity contribution in [2.75, 3.05) is 26.2 Å². The summed E-state index contributed by atoms with van der Waals surface area (Å²) in [5, 5.41) is 13.6. The Morgan fingerprint density at radius 2 is 1.81 bits per heavy atom. The van der Waals surface area contributed by atoms with Crippen molar-refractivity contribution in [2.45, 2.75) is 43.8 Å². The molecule has 1 saturated heterocycles. The summed E-state index contributed by atoms with van der Waals surface area (Å²) in [4.78, 5) is 7.27. The quantitative estimate of drug-likeness (QED) is 0.665.